The molecule has 1 aliphatic heterocycles. The predicted molar refractivity (Wildman–Crippen MR) is 70.4 cm³/mol. The minimum atomic E-state index is -0.0802. The number of hydrogen-bond acceptors (Lipinski definition) is 2. The van der Waals surface area contributed by atoms with E-state index in [4.69, 9.17) is 4.42 Å². The topological polar surface area (TPSA) is 45.5 Å². The molecule has 1 N–H and O–H groups in total. The summed E-state index contributed by atoms with van der Waals surface area (Å²) < 4.78 is 5.52. The van der Waals surface area contributed by atoms with E-state index in [1.165, 1.54) is 6.42 Å². The van der Waals surface area contributed by atoms with Gasteiger partial charge in [0.1, 0.15) is 11.5 Å². The Bertz CT molecular complexity index is 414. The minimum absolute atomic E-state index is 0.0168. The zero-order chi connectivity index (χ0) is 13.1. The lowest BCUT2D eigenvalue weighted by Crippen LogP contribution is -2.45. The summed E-state index contributed by atoms with van der Waals surface area (Å²) in [7, 11) is 0. The minimum Gasteiger partial charge on any atom is -0.464 e. The Hall–Kier alpha value is -1.45. The van der Waals surface area contributed by atoms with Crippen molar-refractivity contribution in [1.82, 2.24) is 10.2 Å². The molecule has 1 aliphatic rings. The van der Waals surface area contributed by atoms with Crippen molar-refractivity contribution < 1.29 is 9.21 Å². The van der Waals surface area contributed by atoms with Crippen LogP contribution < -0.4 is 5.32 Å². The van der Waals surface area contributed by atoms with Crippen molar-refractivity contribution in [3.63, 3.8) is 0 Å². The van der Waals surface area contributed by atoms with Gasteiger partial charge in [-0.2, -0.15) is 0 Å². The van der Waals surface area contributed by atoms with E-state index in [1.807, 2.05) is 30.9 Å². The molecule has 0 saturated carbocycles. The van der Waals surface area contributed by atoms with Gasteiger partial charge in [-0.15, -0.1) is 0 Å². The molecule has 100 valence electrons. The van der Waals surface area contributed by atoms with Crippen LogP contribution in [0.1, 0.15) is 44.3 Å². The van der Waals surface area contributed by atoms with Crippen LogP contribution in [0.25, 0.3) is 0 Å². The maximum Gasteiger partial charge on any atom is 0.317 e. The largest absolute Gasteiger partial charge is 0.464 e. The standard InChI is InChI=1S/C14H22N2O2/c1-10-5-4-8-16(9-10)14(17)15-12(3)13-7-6-11(2)18-13/h6-7,10,12H,4-5,8-9H2,1-3H3,(H,15,17). The van der Waals surface area contributed by atoms with Crippen molar-refractivity contribution in [2.24, 2.45) is 5.92 Å². The lowest BCUT2D eigenvalue weighted by atomic mass is 10.0. The second-order valence-electron chi connectivity index (χ2n) is 5.31. The van der Waals surface area contributed by atoms with Crippen LogP contribution in [-0.4, -0.2) is 24.0 Å². The van der Waals surface area contributed by atoms with Crippen molar-refractivity contribution in [2.75, 3.05) is 13.1 Å². The summed E-state index contributed by atoms with van der Waals surface area (Å²) in [6.07, 6.45) is 2.32. The Morgan fingerprint density at radius 2 is 2.33 bits per heavy atom. The summed E-state index contributed by atoms with van der Waals surface area (Å²) in [5.74, 6) is 2.29. The number of carbonyl (C=O) groups excluding carboxylic acids is 1. The molecule has 18 heavy (non-hydrogen) atoms. The molecule has 0 radical (unpaired) electrons. The van der Waals surface area contributed by atoms with Gasteiger partial charge in [-0.1, -0.05) is 6.92 Å². The molecule has 0 aromatic carbocycles. The third kappa shape index (κ3) is 3.06. The van der Waals surface area contributed by atoms with Gasteiger partial charge in [-0.3, -0.25) is 0 Å². The number of piperidine rings is 1. The summed E-state index contributed by atoms with van der Waals surface area (Å²) in [5, 5.41) is 2.99. The van der Waals surface area contributed by atoms with Gasteiger partial charge < -0.3 is 14.6 Å². The van der Waals surface area contributed by atoms with Crippen LogP contribution in [0.5, 0.6) is 0 Å². The number of furan rings is 1. The number of hydrogen-bond donors (Lipinski definition) is 1. The van der Waals surface area contributed by atoms with E-state index in [1.54, 1.807) is 0 Å². The number of likely N-dealkylation sites (tertiary alicyclic amines) is 1. The summed E-state index contributed by atoms with van der Waals surface area (Å²) >= 11 is 0. The first-order chi connectivity index (χ1) is 8.56. The zero-order valence-electron chi connectivity index (χ0n) is 11.4. The van der Waals surface area contributed by atoms with Crippen LogP contribution in [0.4, 0.5) is 4.79 Å². The molecule has 1 aromatic heterocycles. The lowest BCUT2D eigenvalue weighted by molar-refractivity contribution is 0.166. The smallest absolute Gasteiger partial charge is 0.317 e. The molecule has 2 amide bonds. The summed E-state index contributed by atoms with van der Waals surface area (Å²) in [5.41, 5.74) is 0. The lowest BCUT2D eigenvalue weighted by Gasteiger charge is -2.31. The fourth-order valence-electron chi connectivity index (χ4n) is 2.41. The average Bonchev–Trinajstić information content (AvgIpc) is 2.76. The van der Waals surface area contributed by atoms with E-state index in [2.05, 4.69) is 12.2 Å². The highest BCUT2D eigenvalue weighted by Crippen LogP contribution is 2.18. The number of rotatable bonds is 2. The molecule has 2 atom stereocenters. The molecule has 4 nitrogen and oxygen atoms in total. The Labute approximate surface area is 108 Å². The number of urea groups is 1. The van der Waals surface area contributed by atoms with Gasteiger partial charge in [-0.05, 0) is 44.7 Å². The molecule has 0 bridgehead atoms. The normalized spacial score (nSPS) is 21.7. The number of nitrogens with one attached hydrogen (secondary N) is 1. The SMILES string of the molecule is Cc1ccc(C(C)NC(=O)N2CCCC(C)C2)o1. The van der Waals surface area contributed by atoms with Crippen LogP contribution in [-0.2, 0) is 0 Å². The second-order valence-corrected chi connectivity index (χ2v) is 5.31. The first-order valence-corrected chi connectivity index (χ1v) is 6.68. The van der Waals surface area contributed by atoms with Crippen molar-refractivity contribution in [1.29, 1.82) is 0 Å². The van der Waals surface area contributed by atoms with E-state index in [0.29, 0.717) is 5.92 Å². The summed E-state index contributed by atoms with van der Waals surface area (Å²) in [4.78, 5) is 14.0. The third-order valence-electron chi connectivity index (χ3n) is 3.47. The second kappa shape index (κ2) is 5.46. The average molecular weight is 250 g/mol. The van der Waals surface area contributed by atoms with Crippen LogP contribution in [0.3, 0.4) is 0 Å². The molecule has 2 heterocycles. The Balaban J connectivity index is 1.90. The highest BCUT2D eigenvalue weighted by Gasteiger charge is 2.22. The number of aryl methyl sites for hydroxylation is 1. The quantitative estimate of drug-likeness (QED) is 0.876. The molecular formula is C14H22N2O2. The van der Waals surface area contributed by atoms with E-state index >= 15 is 0 Å². The Kier molecular flexibility index (Phi) is 3.94. The van der Waals surface area contributed by atoms with Gasteiger partial charge in [0.05, 0.1) is 6.04 Å². The molecule has 1 fully saturated rings. The van der Waals surface area contributed by atoms with Crippen molar-refractivity contribution in [3.05, 3.63) is 23.7 Å². The van der Waals surface area contributed by atoms with Gasteiger partial charge in [0.25, 0.3) is 0 Å². The van der Waals surface area contributed by atoms with Gasteiger partial charge in [-0.25, -0.2) is 4.79 Å². The molecule has 2 unspecified atom stereocenters. The molecule has 0 aliphatic carbocycles. The third-order valence-corrected chi connectivity index (χ3v) is 3.47. The predicted octanol–water partition coefficient (Wildman–Crippen LogP) is 3.09. The van der Waals surface area contributed by atoms with Crippen molar-refractivity contribution >= 4 is 6.03 Å². The van der Waals surface area contributed by atoms with Crippen LogP contribution >= 0.6 is 0 Å². The fourth-order valence-corrected chi connectivity index (χ4v) is 2.41. The van der Waals surface area contributed by atoms with Crippen molar-refractivity contribution in [3.8, 4) is 0 Å². The van der Waals surface area contributed by atoms with Gasteiger partial charge in [0, 0.05) is 13.1 Å². The van der Waals surface area contributed by atoms with E-state index in [-0.39, 0.29) is 12.1 Å². The number of nitrogens with zero attached hydrogens (tertiary/aromatic N) is 1. The maximum absolute atomic E-state index is 12.1. The van der Waals surface area contributed by atoms with Gasteiger partial charge >= 0.3 is 6.03 Å². The molecule has 4 heteroatoms. The molecular weight excluding hydrogens is 228 g/mol. The van der Waals surface area contributed by atoms with Gasteiger partial charge in [0.2, 0.25) is 0 Å². The number of amides is 2. The Morgan fingerprint density at radius 3 is 2.94 bits per heavy atom. The first-order valence-electron chi connectivity index (χ1n) is 6.68. The molecule has 0 spiro atoms. The Morgan fingerprint density at radius 1 is 1.56 bits per heavy atom. The van der Waals surface area contributed by atoms with Crippen LogP contribution in [0.2, 0.25) is 0 Å². The van der Waals surface area contributed by atoms with Crippen LogP contribution in [0.15, 0.2) is 16.5 Å². The molecule has 2 rings (SSSR count). The highest BCUT2D eigenvalue weighted by molar-refractivity contribution is 5.74. The summed E-state index contributed by atoms with van der Waals surface area (Å²) in [6, 6.07) is 3.77. The summed E-state index contributed by atoms with van der Waals surface area (Å²) in [6.45, 7) is 7.77. The van der Waals surface area contributed by atoms with Crippen molar-refractivity contribution in [2.45, 2.75) is 39.7 Å². The zero-order valence-corrected chi connectivity index (χ0v) is 11.4. The fraction of sp³-hybridized carbons (Fsp3) is 0.643. The van der Waals surface area contributed by atoms with E-state index < -0.39 is 0 Å². The number of carbonyl (C=O) groups is 1. The van der Waals surface area contributed by atoms with Gasteiger partial charge in [0.15, 0.2) is 0 Å². The molecule has 1 aromatic rings. The maximum atomic E-state index is 12.1. The van der Waals surface area contributed by atoms with E-state index in [9.17, 15) is 4.79 Å². The molecule has 1 saturated heterocycles. The monoisotopic (exact) mass is 250 g/mol. The van der Waals surface area contributed by atoms with Crippen LogP contribution in [0, 0.1) is 12.8 Å². The first kappa shape index (κ1) is 13.0. The van der Waals surface area contributed by atoms with E-state index in [0.717, 1.165) is 31.0 Å². The highest BCUT2D eigenvalue weighted by atomic mass is 16.3.